The minimum atomic E-state index is -0.593. The highest BCUT2D eigenvalue weighted by Crippen LogP contribution is 2.20. The summed E-state index contributed by atoms with van der Waals surface area (Å²) in [5, 5.41) is 6.21. The van der Waals surface area contributed by atoms with Gasteiger partial charge in [-0.05, 0) is 18.2 Å². The molecule has 0 unspecified atom stereocenters. The highest BCUT2D eigenvalue weighted by Gasteiger charge is 2.13. The smallest absolute Gasteiger partial charge is 0.262 e. The minimum Gasteiger partial charge on any atom is -0.386 e. The first-order chi connectivity index (χ1) is 11.1. The van der Waals surface area contributed by atoms with Gasteiger partial charge in [0.05, 0.1) is 11.2 Å². The molecule has 3 rings (SSSR count). The van der Waals surface area contributed by atoms with E-state index < -0.39 is 11.5 Å². The molecule has 0 spiro atoms. The number of carbonyl (C=O) groups excluding carboxylic acids is 1. The average Bonchev–Trinajstić information content (AvgIpc) is 2.53. The van der Waals surface area contributed by atoms with Crippen LogP contribution in [0.3, 0.4) is 0 Å². The Morgan fingerprint density at radius 2 is 1.83 bits per heavy atom. The van der Waals surface area contributed by atoms with Crippen molar-refractivity contribution in [2.45, 2.75) is 0 Å². The van der Waals surface area contributed by atoms with Crippen molar-refractivity contribution in [2.75, 3.05) is 17.7 Å². The van der Waals surface area contributed by atoms with Gasteiger partial charge in [0.2, 0.25) is 5.56 Å². The van der Waals surface area contributed by atoms with Crippen LogP contribution in [0, 0.1) is 0 Å². The minimum absolute atomic E-state index is 0.0320. The van der Waals surface area contributed by atoms with Crippen molar-refractivity contribution in [1.29, 1.82) is 0 Å². The molecule has 1 aromatic carbocycles. The Balaban J connectivity index is 2.02. The molecule has 0 atom stereocenters. The number of para-hydroxylation sites is 1. The van der Waals surface area contributed by atoms with Gasteiger partial charge in [0.25, 0.3) is 11.5 Å². The Morgan fingerprint density at radius 1 is 1.04 bits per heavy atom. The summed E-state index contributed by atoms with van der Waals surface area (Å²) in [6.07, 6.45) is 0. The number of hydrogen-bond donors (Lipinski definition) is 4. The molecule has 2 aromatic heterocycles. The Morgan fingerprint density at radius 3 is 2.57 bits per heavy atom. The lowest BCUT2D eigenvalue weighted by Gasteiger charge is -2.08. The van der Waals surface area contributed by atoms with Gasteiger partial charge in [-0.3, -0.25) is 14.4 Å². The molecule has 0 fully saturated rings. The van der Waals surface area contributed by atoms with E-state index in [4.69, 9.17) is 0 Å². The van der Waals surface area contributed by atoms with Gasteiger partial charge in [0.1, 0.15) is 11.4 Å². The van der Waals surface area contributed by atoms with Gasteiger partial charge in [-0.25, -0.2) is 0 Å². The summed E-state index contributed by atoms with van der Waals surface area (Å²) in [5.41, 5.74) is 0.518. The fraction of sp³-hybridized carbons (Fsp3) is 0.0625. The van der Waals surface area contributed by atoms with E-state index in [1.165, 1.54) is 24.3 Å². The molecule has 0 aliphatic carbocycles. The monoisotopic (exact) mass is 310 g/mol. The number of hydrogen-bond acceptors (Lipinski definition) is 4. The number of aromatic nitrogens is 2. The van der Waals surface area contributed by atoms with Gasteiger partial charge in [0, 0.05) is 18.5 Å². The number of H-pyrrole nitrogens is 2. The molecule has 0 radical (unpaired) electrons. The van der Waals surface area contributed by atoms with Gasteiger partial charge in [-0.1, -0.05) is 18.2 Å². The van der Waals surface area contributed by atoms with Gasteiger partial charge in [-0.15, -0.1) is 0 Å². The molecule has 7 nitrogen and oxygen atoms in total. The Kier molecular flexibility index (Phi) is 3.68. The first-order valence-electron chi connectivity index (χ1n) is 6.93. The standard InChI is InChI=1S/C16H14N4O3/c1-17-11-5-2-4-9-8-10(16(23)20-14(9)11)15(22)19-12-6-3-7-13(21)18-12/h2-8,17H,1H3,(H,20,23)(H2,18,19,21,22). The number of pyridine rings is 2. The van der Waals surface area contributed by atoms with Crippen molar-refractivity contribution in [2.24, 2.45) is 0 Å². The van der Waals surface area contributed by atoms with Crippen LogP contribution in [0.2, 0.25) is 0 Å². The zero-order valence-corrected chi connectivity index (χ0v) is 12.3. The summed E-state index contributed by atoms with van der Waals surface area (Å²) >= 11 is 0. The third-order valence-corrected chi connectivity index (χ3v) is 3.41. The molecule has 0 bridgehead atoms. The molecule has 3 aromatic rings. The highest BCUT2D eigenvalue weighted by atomic mass is 16.2. The SMILES string of the molecule is CNc1cccc2cc(C(=O)Nc3cccc(=O)[nH]3)c(=O)[nH]c12. The summed E-state index contributed by atoms with van der Waals surface area (Å²) in [4.78, 5) is 40.9. The number of amides is 1. The van der Waals surface area contributed by atoms with E-state index in [9.17, 15) is 14.4 Å². The number of aromatic amines is 2. The van der Waals surface area contributed by atoms with Crippen molar-refractivity contribution in [1.82, 2.24) is 9.97 Å². The third-order valence-electron chi connectivity index (χ3n) is 3.41. The fourth-order valence-corrected chi connectivity index (χ4v) is 2.32. The quantitative estimate of drug-likeness (QED) is 0.588. The van der Waals surface area contributed by atoms with Crippen LogP contribution in [0.25, 0.3) is 10.9 Å². The lowest BCUT2D eigenvalue weighted by molar-refractivity contribution is 0.102. The van der Waals surface area contributed by atoms with Crippen LogP contribution < -0.4 is 21.8 Å². The second-order valence-electron chi connectivity index (χ2n) is 4.91. The van der Waals surface area contributed by atoms with E-state index in [1.54, 1.807) is 13.1 Å². The first kappa shape index (κ1) is 14.6. The van der Waals surface area contributed by atoms with Gasteiger partial charge >= 0.3 is 0 Å². The average molecular weight is 310 g/mol. The summed E-state index contributed by atoms with van der Waals surface area (Å²) in [7, 11) is 1.75. The number of benzene rings is 1. The Labute approximate surface area is 130 Å². The van der Waals surface area contributed by atoms with Crippen LogP contribution in [-0.4, -0.2) is 22.9 Å². The second-order valence-corrected chi connectivity index (χ2v) is 4.91. The molecule has 1 amide bonds. The predicted molar refractivity (Wildman–Crippen MR) is 89.1 cm³/mol. The van der Waals surface area contributed by atoms with Gasteiger partial charge in [-0.2, -0.15) is 0 Å². The summed E-state index contributed by atoms with van der Waals surface area (Å²) in [5.74, 6) is -0.365. The normalized spacial score (nSPS) is 10.5. The summed E-state index contributed by atoms with van der Waals surface area (Å²) < 4.78 is 0. The molecule has 0 aliphatic rings. The topological polar surface area (TPSA) is 107 Å². The Bertz CT molecular complexity index is 1000. The van der Waals surface area contributed by atoms with E-state index in [0.29, 0.717) is 5.52 Å². The van der Waals surface area contributed by atoms with Crippen molar-refractivity contribution in [3.8, 4) is 0 Å². The van der Waals surface area contributed by atoms with Crippen LogP contribution in [-0.2, 0) is 0 Å². The Hall–Kier alpha value is -3.35. The van der Waals surface area contributed by atoms with Crippen LogP contribution in [0.15, 0.2) is 52.1 Å². The van der Waals surface area contributed by atoms with Crippen molar-refractivity contribution in [3.63, 3.8) is 0 Å². The maximum absolute atomic E-state index is 12.3. The van der Waals surface area contributed by atoms with Gasteiger partial charge < -0.3 is 20.6 Å². The maximum Gasteiger partial charge on any atom is 0.262 e. The third kappa shape index (κ3) is 2.84. The molecule has 4 N–H and O–H groups in total. The number of nitrogens with one attached hydrogen (secondary N) is 4. The molecule has 116 valence electrons. The van der Waals surface area contributed by atoms with Crippen molar-refractivity contribution < 1.29 is 4.79 Å². The number of fused-ring (bicyclic) bond motifs is 1. The molecular formula is C16H14N4O3. The number of rotatable bonds is 3. The molecule has 0 aliphatic heterocycles. The van der Waals surface area contributed by atoms with Crippen LogP contribution in [0.1, 0.15) is 10.4 Å². The van der Waals surface area contributed by atoms with Crippen LogP contribution in [0.4, 0.5) is 11.5 Å². The summed E-state index contributed by atoms with van der Waals surface area (Å²) in [6, 6.07) is 11.3. The van der Waals surface area contributed by atoms with E-state index in [0.717, 1.165) is 11.1 Å². The lowest BCUT2D eigenvalue weighted by atomic mass is 10.1. The highest BCUT2D eigenvalue weighted by molar-refractivity contribution is 6.06. The van der Waals surface area contributed by atoms with E-state index in [1.807, 2.05) is 12.1 Å². The molecular weight excluding hydrogens is 296 g/mol. The molecule has 23 heavy (non-hydrogen) atoms. The van der Waals surface area contributed by atoms with E-state index >= 15 is 0 Å². The van der Waals surface area contributed by atoms with Crippen molar-refractivity contribution in [3.05, 3.63) is 68.7 Å². The summed E-state index contributed by atoms with van der Waals surface area (Å²) in [6.45, 7) is 0. The van der Waals surface area contributed by atoms with Crippen LogP contribution >= 0.6 is 0 Å². The zero-order chi connectivity index (χ0) is 16.4. The van der Waals surface area contributed by atoms with Crippen molar-refractivity contribution >= 4 is 28.3 Å². The molecule has 7 heteroatoms. The number of anilines is 2. The molecule has 0 saturated carbocycles. The van der Waals surface area contributed by atoms with E-state index in [-0.39, 0.29) is 16.9 Å². The predicted octanol–water partition coefficient (Wildman–Crippen LogP) is 1.51. The molecule has 2 heterocycles. The second kappa shape index (κ2) is 5.80. The lowest BCUT2D eigenvalue weighted by Crippen LogP contribution is -2.24. The first-order valence-corrected chi connectivity index (χ1v) is 6.93. The maximum atomic E-state index is 12.3. The van der Waals surface area contributed by atoms with Gasteiger partial charge in [0.15, 0.2) is 0 Å². The van der Waals surface area contributed by atoms with E-state index in [2.05, 4.69) is 20.6 Å². The largest absolute Gasteiger partial charge is 0.386 e. The molecule has 0 saturated heterocycles. The number of carbonyl (C=O) groups is 1. The zero-order valence-electron chi connectivity index (χ0n) is 12.3. The van der Waals surface area contributed by atoms with Crippen LogP contribution in [0.5, 0.6) is 0 Å². The fourth-order valence-electron chi connectivity index (χ4n) is 2.32.